The molecule has 0 spiro atoms. The maximum absolute atomic E-state index is 11.8. The van der Waals surface area contributed by atoms with E-state index >= 15 is 0 Å². The zero-order valence-corrected chi connectivity index (χ0v) is 12.0. The molecule has 1 fully saturated rings. The Labute approximate surface area is 126 Å². The third-order valence-electron chi connectivity index (χ3n) is 3.13. The molecule has 0 atom stereocenters. The summed E-state index contributed by atoms with van der Waals surface area (Å²) >= 11 is 5.68. The van der Waals surface area contributed by atoms with Crippen molar-refractivity contribution in [2.45, 2.75) is 19.3 Å². The molecule has 0 unspecified atom stereocenters. The normalized spacial score (nSPS) is 14.6. The van der Waals surface area contributed by atoms with E-state index in [2.05, 4.69) is 10.3 Å². The van der Waals surface area contributed by atoms with E-state index in [1.807, 2.05) is 0 Å². The van der Waals surface area contributed by atoms with E-state index in [1.165, 1.54) is 12.3 Å². The van der Waals surface area contributed by atoms with E-state index in [0.29, 0.717) is 13.1 Å². The van der Waals surface area contributed by atoms with Gasteiger partial charge in [0.25, 0.3) is 0 Å². The number of likely N-dealkylation sites (tertiary alicyclic amines) is 1. The van der Waals surface area contributed by atoms with E-state index in [9.17, 15) is 14.9 Å². The second kappa shape index (κ2) is 7.07. The van der Waals surface area contributed by atoms with Crippen LogP contribution < -0.4 is 5.32 Å². The van der Waals surface area contributed by atoms with Crippen LogP contribution in [0.3, 0.4) is 0 Å². The van der Waals surface area contributed by atoms with Crippen LogP contribution in [0.2, 0.25) is 5.15 Å². The number of carbonyl (C=O) groups excluding carboxylic acids is 1. The lowest BCUT2D eigenvalue weighted by Gasteiger charge is -2.25. The van der Waals surface area contributed by atoms with Gasteiger partial charge in [0.1, 0.15) is 5.69 Å². The first-order valence-corrected chi connectivity index (χ1v) is 6.92. The van der Waals surface area contributed by atoms with E-state index < -0.39 is 11.0 Å². The first kappa shape index (κ1) is 15.3. The van der Waals surface area contributed by atoms with Crippen LogP contribution >= 0.6 is 11.6 Å². The average Bonchev–Trinajstić information content (AvgIpc) is 2.47. The number of nitrogens with zero attached hydrogens (tertiary/aromatic N) is 3. The first-order chi connectivity index (χ1) is 10.1. The van der Waals surface area contributed by atoms with Gasteiger partial charge < -0.3 is 15.0 Å². The summed E-state index contributed by atoms with van der Waals surface area (Å²) in [6, 6.07) is 1.40. The number of halogens is 1. The van der Waals surface area contributed by atoms with Gasteiger partial charge in [-0.3, -0.25) is 10.1 Å². The Balaban J connectivity index is 1.90. The molecule has 1 aliphatic heterocycles. The van der Waals surface area contributed by atoms with Gasteiger partial charge in [-0.2, -0.15) is 0 Å². The van der Waals surface area contributed by atoms with E-state index in [1.54, 1.807) is 4.90 Å². The molecule has 1 N–H and O–H groups in total. The summed E-state index contributed by atoms with van der Waals surface area (Å²) < 4.78 is 5.05. The first-order valence-electron chi connectivity index (χ1n) is 6.54. The lowest BCUT2D eigenvalue weighted by Crippen LogP contribution is -2.36. The number of hydrogen-bond donors (Lipinski definition) is 1. The zero-order valence-electron chi connectivity index (χ0n) is 11.2. The predicted molar refractivity (Wildman–Crippen MR) is 76.3 cm³/mol. The largest absolute Gasteiger partial charge is 0.428 e. The van der Waals surface area contributed by atoms with Gasteiger partial charge in [-0.25, -0.2) is 9.78 Å². The molecular formula is C12H15ClN4O4. The molecule has 2 heterocycles. The van der Waals surface area contributed by atoms with E-state index in [4.69, 9.17) is 16.3 Å². The molecule has 0 radical (unpaired) electrons. The van der Waals surface area contributed by atoms with E-state index in [0.717, 1.165) is 19.3 Å². The second-order valence-corrected chi connectivity index (χ2v) is 4.89. The topological polar surface area (TPSA) is 97.6 Å². The van der Waals surface area contributed by atoms with Crippen molar-refractivity contribution in [3.63, 3.8) is 0 Å². The van der Waals surface area contributed by atoms with Gasteiger partial charge in [0.2, 0.25) is 5.15 Å². The minimum absolute atomic E-state index is 0.159. The van der Waals surface area contributed by atoms with Crippen molar-refractivity contribution in [3.8, 4) is 0 Å². The smallest absolute Gasteiger partial charge is 0.411 e. The summed E-state index contributed by atoms with van der Waals surface area (Å²) in [6.45, 7) is 1.19. The lowest BCUT2D eigenvalue weighted by atomic mass is 10.1. The number of aromatic nitrogens is 1. The zero-order chi connectivity index (χ0) is 15.2. The van der Waals surface area contributed by atoms with Crippen molar-refractivity contribution in [3.05, 3.63) is 27.5 Å². The number of pyridine rings is 1. The highest BCUT2D eigenvalue weighted by Gasteiger charge is 2.21. The number of ether oxygens (including phenoxy) is 1. The minimum atomic E-state index is -0.635. The summed E-state index contributed by atoms with van der Waals surface area (Å²) in [5.74, 6) is 0. The van der Waals surface area contributed by atoms with Crippen LogP contribution in [0, 0.1) is 10.1 Å². The van der Waals surface area contributed by atoms with Crippen LogP contribution in [0.4, 0.5) is 16.2 Å². The van der Waals surface area contributed by atoms with Crippen molar-refractivity contribution in [1.82, 2.24) is 9.88 Å². The Kier molecular flexibility index (Phi) is 5.15. The average molecular weight is 315 g/mol. The minimum Gasteiger partial charge on any atom is -0.428 e. The number of hydrogen-bond acceptors (Lipinski definition) is 6. The molecule has 2 rings (SSSR count). The highest BCUT2D eigenvalue weighted by molar-refractivity contribution is 6.32. The Morgan fingerprint density at radius 3 is 2.86 bits per heavy atom. The van der Waals surface area contributed by atoms with Crippen LogP contribution in [0.25, 0.3) is 0 Å². The van der Waals surface area contributed by atoms with Crippen LogP contribution in [0.15, 0.2) is 12.3 Å². The van der Waals surface area contributed by atoms with Crippen LogP contribution in [0.5, 0.6) is 0 Å². The van der Waals surface area contributed by atoms with Gasteiger partial charge >= 0.3 is 11.8 Å². The summed E-state index contributed by atoms with van der Waals surface area (Å²) in [6.07, 6.45) is 3.96. The summed E-state index contributed by atoms with van der Waals surface area (Å²) in [4.78, 5) is 27.3. The number of nitro groups is 1. The molecule has 0 aromatic carbocycles. The molecule has 21 heavy (non-hydrogen) atoms. The molecule has 114 valence electrons. The molecule has 1 aliphatic rings. The molecule has 9 heteroatoms. The van der Waals surface area contributed by atoms with Crippen LogP contribution in [-0.4, -0.2) is 40.7 Å². The van der Waals surface area contributed by atoms with Gasteiger partial charge in [0, 0.05) is 19.3 Å². The highest BCUT2D eigenvalue weighted by Crippen LogP contribution is 2.30. The number of rotatable bonds is 4. The molecule has 8 nitrogen and oxygen atoms in total. The molecule has 1 saturated heterocycles. The number of amides is 1. The predicted octanol–water partition coefficient (Wildman–Crippen LogP) is 2.64. The van der Waals surface area contributed by atoms with Crippen LogP contribution in [-0.2, 0) is 4.74 Å². The number of piperidine rings is 1. The maximum atomic E-state index is 11.8. The standard InChI is InChI=1S/C12H15ClN4O4/c13-11-10(17(19)20)9(4-5-14-11)15-8-21-12(18)16-6-2-1-3-7-16/h4-5H,1-3,6-8H2,(H,14,15). The summed E-state index contributed by atoms with van der Waals surface area (Å²) in [7, 11) is 0. The summed E-state index contributed by atoms with van der Waals surface area (Å²) in [5, 5.41) is 13.4. The number of anilines is 1. The Bertz CT molecular complexity index is 534. The molecule has 1 aromatic rings. The molecular weight excluding hydrogens is 300 g/mol. The molecule has 0 aliphatic carbocycles. The fraction of sp³-hybridized carbons (Fsp3) is 0.500. The van der Waals surface area contributed by atoms with Gasteiger partial charge in [0.15, 0.2) is 6.73 Å². The highest BCUT2D eigenvalue weighted by atomic mass is 35.5. The Morgan fingerprint density at radius 2 is 2.19 bits per heavy atom. The Morgan fingerprint density at radius 1 is 1.48 bits per heavy atom. The van der Waals surface area contributed by atoms with Gasteiger partial charge in [-0.1, -0.05) is 11.6 Å². The Hall–Kier alpha value is -2.09. The maximum Gasteiger partial charge on any atom is 0.411 e. The number of nitrogens with one attached hydrogen (secondary N) is 1. The fourth-order valence-electron chi connectivity index (χ4n) is 2.09. The fourth-order valence-corrected chi connectivity index (χ4v) is 2.32. The van der Waals surface area contributed by atoms with Gasteiger partial charge in [-0.05, 0) is 25.3 Å². The van der Waals surface area contributed by atoms with Crippen LogP contribution in [0.1, 0.15) is 19.3 Å². The van der Waals surface area contributed by atoms with Gasteiger partial charge in [0.05, 0.1) is 4.92 Å². The third-order valence-corrected chi connectivity index (χ3v) is 3.41. The van der Waals surface area contributed by atoms with E-state index in [-0.39, 0.29) is 23.3 Å². The quantitative estimate of drug-likeness (QED) is 0.397. The SMILES string of the molecule is O=C(OCNc1ccnc(Cl)c1[N+](=O)[O-])N1CCCCC1. The van der Waals surface area contributed by atoms with Gasteiger partial charge in [-0.15, -0.1) is 0 Å². The van der Waals surface area contributed by atoms with Crippen molar-refractivity contribution >= 4 is 29.1 Å². The molecule has 0 bridgehead atoms. The monoisotopic (exact) mass is 314 g/mol. The molecule has 1 aromatic heterocycles. The van der Waals surface area contributed by atoms with Crippen molar-refractivity contribution in [2.24, 2.45) is 0 Å². The van der Waals surface area contributed by atoms with Crippen molar-refractivity contribution < 1.29 is 14.5 Å². The number of carbonyl (C=O) groups is 1. The second-order valence-electron chi connectivity index (χ2n) is 4.53. The third kappa shape index (κ3) is 3.94. The molecule has 1 amide bonds. The lowest BCUT2D eigenvalue weighted by molar-refractivity contribution is -0.384. The van der Waals surface area contributed by atoms with Crippen molar-refractivity contribution in [1.29, 1.82) is 0 Å². The van der Waals surface area contributed by atoms with Crippen molar-refractivity contribution in [2.75, 3.05) is 25.1 Å². The summed E-state index contributed by atoms with van der Waals surface area (Å²) in [5.41, 5.74) is -0.181. The molecule has 0 saturated carbocycles.